The molecule has 20 heteroatoms. The molecule has 4 aliphatic rings. The van der Waals surface area contributed by atoms with Crippen LogP contribution in [-0.2, 0) is 47.4 Å². The van der Waals surface area contributed by atoms with Crippen molar-refractivity contribution in [1.29, 1.82) is 0 Å². The highest BCUT2D eigenvalue weighted by Gasteiger charge is 2.55. The third-order valence-electron chi connectivity index (χ3n) is 15.4. The van der Waals surface area contributed by atoms with Crippen molar-refractivity contribution in [3.05, 3.63) is 0 Å². The first-order valence-electron chi connectivity index (χ1n) is 29.9. The quantitative estimate of drug-likeness (QED) is 0.0374. The average Bonchev–Trinajstić information content (AvgIpc) is 4.01. The second kappa shape index (κ2) is 40.4. The molecule has 18 atom stereocenters. The second-order valence-electron chi connectivity index (χ2n) is 21.8. The largest absolute Gasteiger partial charge is 0.394 e. The molecule has 0 saturated carbocycles. The molecule has 4 aliphatic heterocycles. The normalized spacial score (nSPS) is 33.2. The van der Waals surface area contributed by atoms with Gasteiger partial charge in [-0.25, -0.2) is 0 Å². The van der Waals surface area contributed by atoms with Gasteiger partial charge < -0.3 is 98.4 Å². The van der Waals surface area contributed by atoms with Gasteiger partial charge in [0.25, 0.3) is 0 Å². The minimum atomic E-state index is -1.76. The first-order valence-corrected chi connectivity index (χ1v) is 29.9. The lowest BCUT2D eigenvalue weighted by atomic mass is 9.99. The summed E-state index contributed by atoms with van der Waals surface area (Å²) in [4.78, 5) is 0. The maximum atomic E-state index is 11.0. The molecule has 0 aromatic heterocycles. The van der Waals surface area contributed by atoms with E-state index in [1.807, 2.05) is 0 Å². The fraction of sp³-hybridized carbons (Fsp3) is 1.00. The van der Waals surface area contributed by atoms with E-state index in [2.05, 4.69) is 13.8 Å². The smallest absolute Gasteiger partial charge is 0.187 e. The average molecular weight is 1100 g/mol. The lowest BCUT2D eigenvalue weighted by molar-refractivity contribution is -0.308. The predicted octanol–water partition coefficient (Wildman–Crippen LogP) is 4.56. The molecule has 20 nitrogen and oxygen atoms in total. The van der Waals surface area contributed by atoms with Crippen molar-refractivity contribution in [2.75, 3.05) is 52.9 Å². The Bertz CT molecular complexity index is 1390. The van der Waals surface area contributed by atoms with Gasteiger partial charge in [0.05, 0.1) is 39.6 Å². The number of unbranched alkanes of at least 4 members (excludes halogenated alkanes) is 26. The van der Waals surface area contributed by atoms with E-state index in [0.29, 0.717) is 13.2 Å². The van der Waals surface area contributed by atoms with Crippen LogP contribution >= 0.6 is 0 Å². The molecule has 0 aromatic carbocycles. The van der Waals surface area contributed by atoms with Crippen molar-refractivity contribution in [2.45, 2.75) is 304 Å². The Labute approximate surface area is 454 Å². The van der Waals surface area contributed by atoms with Gasteiger partial charge in [0.2, 0.25) is 0 Å². The molecular weight excluding hydrogens is 993 g/mol. The van der Waals surface area contributed by atoms with E-state index >= 15 is 0 Å². The first kappa shape index (κ1) is 67.7. The van der Waals surface area contributed by atoms with Crippen LogP contribution in [0.3, 0.4) is 0 Å². The van der Waals surface area contributed by atoms with Crippen LogP contribution in [-0.4, -0.2) is 215 Å². The zero-order chi connectivity index (χ0) is 54.9. The lowest BCUT2D eigenvalue weighted by Crippen LogP contribution is -2.59. The molecule has 76 heavy (non-hydrogen) atoms. The second-order valence-corrected chi connectivity index (χ2v) is 21.8. The molecule has 4 heterocycles. The van der Waals surface area contributed by atoms with Gasteiger partial charge in [0.15, 0.2) is 25.2 Å². The fourth-order valence-corrected chi connectivity index (χ4v) is 10.4. The Morgan fingerprint density at radius 1 is 0.342 bits per heavy atom. The molecule has 4 saturated heterocycles. The summed E-state index contributed by atoms with van der Waals surface area (Å²) in [6, 6.07) is 0. The van der Waals surface area contributed by atoms with Crippen molar-refractivity contribution < 1.29 is 98.4 Å². The predicted molar refractivity (Wildman–Crippen MR) is 281 cm³/mol. The van der Waals surface area contributed by atoms with Gasteiger partial charge in [-0.3, -0.25) is 0 Å². The fourth-order valence-electron chi connectivity index (χ4n) is 10.4. The molecule has 0 aromatic rings. The van der Waals surface area contributed by atoms with Crippen LogP contribution in [0.25, 0.3) is 0 Å². The van der Waals surface area contributed by atoms with Gasteiger partial charge in [-0.05, 0) is 12.8 Å². The van der Waals surface area contributed by atoms with Crippen LogP contribution in [0, 0.1) is 0 Å². The summed E-state index contributed by atoms with van der Waals surface area (Å²) >= 11 is 0. The molecule has 4 rings (SSSR count). The number of rotatable bonds is 46. The van der Waals surface area contributed by atoms with Crippen LogP contribution in [0.5, 0.6) is 0 Å². The van der Waals surface area contributed by atoms with E-state index < -0.39 is 137 Å². The SMILES string of the molecule is CCCCCCCCCCCCCCCCOCC(CO[C@H]1O[C@H](CO[C@H]2O[C@H](CO)[C@@H](O)[C@H](O)[C@@H]2O)[C@@H](O[C@H]2O[C@H](CO)[C@@H](O)[C@@H]2O)[C@@H]1O[C@H]1O[C@H](CO)[C@@H](O)[C@@H]1O)OCCCCCCCCCCCCCCCC. The van der Waals surface area contributed by atoms with Gasteiger partial charge in [-0.15, -0.1) is 0 Å². The molecule has 0 bridgehead atoms. The molecule has 0 amide bonds. The summed E-state index contributed by atoms with van der Waals surface area (Å²) in [5.41, 5.74) is 0. The van der Waals surface area contributed by atoms with Gasteiger partial charge >= 0.3 is 0 Å². The molecule has 10 N–H and O–H groups in total. The summed E-state index contributed by atoms with van der Waals surface area (Å²) in [5.74, 6) is 0. The van der Waals surface area contributed by atoms with Gasteiger partial charge in [-0.1, -0.05) is 181 Å². The molecule has 0 radical (unpaired) electrons. The highest BCUT2D eigenvalue weighted by molar-refractivity contribution is 4.96. The first-order chi connectivity index (χ1) is 37.0. The standard InChI is InChI=1S/C56H106O20/c1-3-5-7-9-11-13-15-17-19-21-23-25-27-29-31-67-36-39(68-32-30-28-26-24-22-20-18-16-14-12-10-8-6-4-2)37-69-56-52(76-55-49(65)46(62)42(35-59)73-55)51(75-54-48(64)45(61)41(34-58)72-54)43(74-56)38-70-53-50(66)47(63)44(60)40(33-57)71-53/h39-66H,3-38H2,1-2H3/t39?,40-,41-,42-,43-,44-,45-,46-,47+,48+,49+,50+,51-,52+,53+,54-,55-,56+/m1/s1. The van der Waals surface area contributed by atoms with Crippen molar-refractivity contribution in [3.8, 4) is 0 Å². The number of hydrogen-bond acceptors (Lipinski definition) is 20. The number of ether oxygens (including phenoxy) is 10. The van der Waals surface area contributed by atoms with Gasteiger partial charge in [0.1, 0.15) is 85.5 Å². The van der Waals surface area contributed by atoms with Crippen LogP contribution in [0.15, 0.2) is 0 Å². The van der Waals surface area contributed by atoms with E-state index in [9.17, 15) is 51.1 Å². The van der Waals surface area contributed by atoms with E-state index in [0.717, 1.165) is 38.5 Å². The topological polar surface area (TPSA) is 295 Å². The Balaban J connectivity index is 1.39. The van der Waals surface area contributed by atoms with Crippen molar-refractivity contribution in [3.63, 3.8) is 0 Å². The zero-order valence-electron chi connectivity index (χ0n) is 46.4. The Morgan fingerprint density at radius 2 is 0.697 bits per heavy atom. The molecular formula is C56H106O20. The van der Waals surface area contributed by atoms with Crippen LogP contribution in [0.1, 0.15) is 194 Å². The minimum Gasteiger partial charge on any atom is -0.394 e. The Hall–Kier alpha value is -0.800. The van der Waals surface area contributed by atoms with Crippen molar-refractivity contribution in [1.82, 2.24) is 0 Å². The summed E-state index contributed by atoms with van der Waals surface area (Å²) in [5, 5.41) is 104. The molecule has 450 valence electrons. The third kappa shape index (κ3) is 24.0. The lowest BCUT2D eigenvalue weighted by Gasteiger charge is -2.40. The van der Waals surface area contributed by atoms with E-state index in [1.54, 1.807) is 0 Å². The highest BCUT2D eigenvalue weighted by atomic mass is 16.8. The number of aliphatic hydroxyl groups excluding tert-OH is 10. The maximum absolute atomic E-state index is 11.0. The van der Waals surface area contributed by atoms with E-state index in [4.69, 9.17) is 47.4 Å². The number of aliphatic hydroxyl groups is 10. The molecule has 4 fully saturated rings. The van der Waals surface area contributed by atoms with E-state index in [1.165, 1.54) is 141 Å². The zero-order valence-corrected chi connectivity index (χ0v) is 46.4. The maximum Gasteiger partial charge on any atom is 0.187 e. The number of hydrogen-bond donors (Lipinski definition) is 10. The molecule has 0 aliphatic carbocycles. The van der Waals surface area contributed by atoms with Crippen LogP contribution in [0.4, 0.5) is 0 Å². The molecule has 1 unspecified atom stereocenters. The Kier molecular flexibility index (Phi) is 36.0. The van der Waals surface area contributed by atoms with Crippen LogP contribution in [0.2, 0.25) is 0 Å². The minimum absolute atomic E-state index is 0.0846. The van der Waals surface area contributed by atoms with Gasteiger partial charge in [0, 0.05) is 13.2 Å². The summed E-state index contributed by atoms with van der Waals surface area (Å²) in [6.07, 6.45) is 8.68. The summed E-state index contributed by atoms with van der Waals surface area (Å²) in [7, 11) is 0. The van der Waals surface area contributed by atoms with Crippen molar-refractivity contribution >= 4 is 0 Å². The van der Waals surface area contributed by atoms with Crippen LogP contribution < -0.4 is 0 Å². The highest BCUT2D eigenvalue weighted by Crippen LogP contribution is 2.36. The molecule has 0 spiro atoms. The summed E-state index contributed by atoms with van der Waals surface area (Å²) in [6.45, 7) is 3.10. The monoisotopic (exact) mass is 1100 g/mol. The Morgan fingerprint density at radius 3 is 1.13 bits per heavy atom. The van der Waals surface area contributed by atoms with E-state index in [-0.39, 0.29) is 13.2 Å². The third-order valence-corrected chi connectivity index (χ3v) is 15.4. The van der Waals surface area contributed by atoms with Crippen molar-refractivity contribution in [2.24, 2.45) is 0 Å². The summed E-state index contributed by atoms with van der Waals surface area (Å²) < 4.78 is 60.8. The van der Waals surface area contributed by atoms with Gasteiger partial charge in [-0.2, -0.15) is 0 Å².